The minimum Gasteiger partial charge on any atom is -0.335 e. The van der Waals surface area contributed by atoms with Gasteiger partial charge >= 0.3 is 6.18 Å². The number of fused-ring (bicyclic) bond motifs is 1. The highest BCUT2D eigenvalue weighted by molar-refractivity contribution is 7.13. The molecule has 0 saturated carbocycles. The van der Waals surface area contributed by atoms with Gasteiger partial charge < -0.3 is 4.90 Å². The molecular weight excluding hydrogens is 575 g/mol. The third-order valence-corrected chi connectivity index (χ3v) is 8.52. The van der Waals surface area contributed by atoms with Crippen LogP contribution < -0.4 is 0 Å². The van der Waals surface area contributed by atoms with Crippen LogP contribution in [0.15, 0.2) is 53.9 Å². The second kappa shape index (κ2) is 10.6. The summed E-state index contributed by atoms with van der Waals surface area (Å²) in [7, 11) is 0. The van der Waals surface area contributed by atoms with Crippen LogP contribution in [0.3, 0.4) is 0 Å². The Balaban J connectivity index is 1.21. The van der Waals surface area contributed by atoms with Crippen molar-refractivity contribution in [2.75, 3.05) is 26.2 Å². The van der Waals surface area contributed by atoms with Crippen LogP contribution in [0.1, 0.15) is 33.1 Å². The Morgan fingerprint density at radius 3 is 2.41 bits per heavy atom. The van der Waals surface area contributed by atoms with E-state index in [0.717, 1.165) is 28.7 Å². The Labute approximate surface area is 242 Å². The van der Waals surface area contributed by atoms with Crippen molar-refractivity contribution >= 4 is 34.5 Å². The lowest BCUT2D eigenvalue weighted by Gasteiger charge is -2.34. The molecule has 0 radical (unpaired) electrons. The van der Waals surface area contributed by atoms with E-state index in [2.05, 4.69) is 15.0 Å². The summed E-state index contributed by atoms with van der Waals surface area (Å²) in [5, 5.41) is 10.3. The summed E-state index contributed by atoms with van der Waals surface area (Å²) < 4.78 is 44.5. The van der Waals surface area contributed by atoms with Gasteiger partial charge in [-0.05, 0) is 43.5 Å². The second-order valence-electron chi connectivity index (χ2n) is 9.86. The highest BCUT2D eigenvalue weighted by Crippen LogP contribution is 2.36. The van der Waals surface area contributed by atoms with Gasteiger partial charge in [0.25, 0.3) is 5.91 Å². The molecule has 0 N–H and O–H groups in total. The number of thiophene rings is 1. The molecule has 8 nitrogen and oxygen atoms in total. The number of amides is 1. The zero-order chi connectivity index (χ0) is 28.9. The Morgan fingerprint density at radius 2 is 1.76 bits per heavy atom. The number of hydrogen-bond acceptors (Lipinski definition) is 6. The van der Waals surface area contributed by atoms with Gasteiger partial charge in [-0.1, -0.05) is 35.9 Å². The van der Waals surface area contributed by atoms with Crippen molar-refractivity contribution in [1.29, 1.82) is 0 Å². The number of halogens is 4. The van der Waals surface area contributed by atoms with Crippen molar-refractivity contribution in [1.82, 2.24) is 34.2 Å². The second-order valence-corrected chi connectivity index (χ2v) is 11.2. The van der Waals surface area contributed by atoms with Crippen LogP contribution in [0.4, 0.5) is 13.2 Å². The SMILES string of the molecule is Cc1nn(-c2ccccc2)c(C)c1CN1CCN(C(=O)c2nn3c(C(F)(F)F)cc(-c4cccs4)nc3c2Cl)CC1. The minimum absolute atomic E-state index is 0.121. The standard InChI is InChI=1S/C28H25ClF3N7OS/c1-17-20(18(2)38(34-17)19-7-4-3-5-8-19)16-36-10-12-37(13-11-36)27(40)25-24(29)26-33-21(22-9-6-14-41-22)15-23(28(30,31)32)39(26)35-25/h3-9,14-15H,10-13,16H2,1-2H3. The number of carbonyl (C=O) groups is 1. The maximum absolute atomic E-state index is 14.0. The summed E-state index contributed by atoms with van der Waals surface area (Å²) in [6.45, 7) is 6.63. The van der Waals surface area contributed by atoms with Gasteiger partial charge in [-0.3, -0.25) is 9.69 Å². The van der Waals surface area contributed by atoms with Crippen LogP contribution in [0.5, 0.6) is 0 Å². The highest BCUT2D eigenvalue weighted by Gasteiger charge is 2.37. The minimum atomic E-state index is -4.72. The van der Waals surface area contributed by atoms with Gasteiger partial charge in [-0.15, -0.1) is 11.3 Å². The number of alkyl halides is 3. The fourth-order valence-electron chi connectivity index (χ4n) is 5.09. The zero-order valence-electron chi connectivity index (χ0n) is 22.2. The predicted octanol–water partition coefficient (Wildman–Crippen LogP) is 5.89. The molecule has 4 aromatic heterocycles. The molecular formula is C28H25ClF3N7OS. The lowest BCUT2D eigenvalue weighted by atomic mass is 10.1. The number of rotatable bonds is 5. The quantitative estimate of drug-likeness (QED) is 0.252. The van der Waals surface area contributed by atoms with Crippen LogP contribution >= 0.6 is 22.9 Å². The zero-order valence-corrected chi connectivity index (χ0v) is 23.8. The molecule has 5 aromatic rings. The van der Waals surface area contributed by atoms with Crippen molar-refractivity contribution in [3.05, 3.63) is 87.3 Å². The fraction of sp³-hybridized carbons (Fsp3) is 0.286. The highest BCUT2D eigenvalue weighted by atomic mass is 35.5. The number of aryl methyl sites for hydroxylation is 1. The van der Waals surface area contributed by atoms with E-state index in [1.165, 1.54) is 11.3 Å². The number of benzene rings is 1. The number of hydrogen-bond donors (Lipinski definition) is 0. The third-order valence-electron chi connectivity index (χ3n) is 7.28. The Morgan fingerprint density at radius 1 is 1.02 bits per heavy atom. The van der Waals surface area contributed by atoms with Crippen molar-refractivity contribution in [3.8, 4) is 16.3 Å². The molecule has 1 aliphatic rings. The van der Waals surface area contributed by atoms with Gasteiger partial charge in [-0.25, -0.2) is 14.2 Å². The molecule has 212 valence electrons. The maximum Gasteiger partial charge on any atom is 0.433 e. The van der Waals surface area contributed by atoms with E-state index in [0.29, 0.717) is 42.1 Å². The smallest absolute Gasteiger partial charge is 0.335 e. The van der Waals surface area contributed by atoms with E-state index in [1.807, 2.05) is 48.9 Å². The first-order chi connectivity index (χ1) is 19.6. The molecule has 0 aliphatic carbocycles. The van der Waals surface area contributed by atoms with E-state index < -0.39 is 17.8 Å². The Hall–Kier alpha value is -3.74. The van der Waals surface area contributed by atoms with Gasteiger partial charge in [-0.2, -0.15) is 23.4 Å². The third kappa shape index (κ3) is 5.11. The lowest BCUT2D eigenvalue weighted by Crippen LogP contribution is -2.48. The molecule has 0 unspecified atom stereocenters. The first-order valence-electron chi connectivity index (χ1n) is 12.9. The topological polar surface area (TPSA) is 71.6 Å². The Kier molecular flexibility index (Phi) is 7.08. The molecule has 6 rings (SSSR count). The molecule has 1 aromatic carbocycles. The summed E-state index contributed by atoms with van der Waals surface area (Å²) in [5.41, 5.74) is 2.75. The van der Waals surface area contributed by atoms with E-state index in [1.54, 1.807) is 22.4 Å². The molecule has 0 bridgehead atoms. The maximum atomic E-state index is 14.0. The summed E-state index contributed by atoms with van der Waals surface area (Å²) >= 11 is 7.73. The first kappa shape index (κ1) is 27.4. The molecule has 1 aliphatic heterocycles. The summed E-state index contributed by atoms with van der Waals surface area (Å²) in [5.74, 6) is -0.518. The largest absolute Gasteiger partial charge is 0.433 e. The van der Waals surface area contributed by atoms with Crippen LogP contribution in [-0.4, -0.2) is 66.3 Å². The average molecular weight is 600 g/mol. The molecule has 13 heteroatoms. The van der Waals surface area contributed by atoms with Gasteiger partial charge in [0.2, 0.25) is 0 Å². The molecule has 1 saturated heterocycles. The molecule has 41 heavy (non-hydrogen) atoms. The fourth-order valence-corrected chi connectivity index (χ4v) is 6.01. The Bertz CT molecular complexity index is 1720. The normalized spacial score (nSPS) is 14.7. The first-order valence-corrected chi connectivity index (χ1v) is 14.2. The van der Waals surface area contributed by atoms with Crippen LogP contribution in [0, 0.1) is 13.8 Å². The summed E-state index contributed by atoms with van der Waals surface area (Å²) in [4.78, 5) is 22.1. The monoisotopic (exact) mass is 599 g/mol. The van der Waals surface area contributed by atoms with Crippen molar-refractivity contribution in [2.24, 2.45) is 0 Å². The molecule has 1 amide bonds. The summed E-state index contributed by atoms with van der Waals surface area (Å²) in [6, 6.07) is 14.3. The van der Waals surface area contributed by atoms with E-state index in [-0.39, 0.29) is 22.1 Å². The van der Waals surface area contributed by atoms with E-state index in [9.17, 15) is 18.0 Å². The van der Waals surface area contributed by atoms with Gasteiger partial charge in [0.1, 0.15) is 5.02 Å². The van der Waals surface area contributed by atoms with Crippen LogP contribution in [0.2, 0.25) is 5.02 Å². The lowest BCUT2D eigenvalue weighted by molar-refractivity contribution is -0.142. The number of piperazine rings is 1. The van der Waals surface area contributed by atoms with E-state index in [4.69, 9.17) is 16.7 Å². The number of nitrogens with zero attached hydrogens (tertiary/aromatic N) is 7. The summed E-state index contributed by atoms with van der Waals surface area (Å²) in [6.07, 6.45) is -4.72. The number of aromatic nitrogens is 5. The van der Waals surface area contributed by atoms with Crippen molar-refractivity contribution in [2.45, 2.75) is 26.6 Å². The van der Waals surface area contributed by atoms with Gasteiger partial charge in [0.05, 0.1) is 22.0 Å². The molecule has 0 spiro atoms. The van der Waals surface area contributed by atoms with Crippen LogP contribution in [0.25, 0.3) is 21.9 Å². The van der Waals surface area contributed by atoms with Gasteiger partial charge in [0.15, 0.2) is 17.0 Å². The van der Waals surface area contributed by atoms with Crippen LogP contribution in [-0.2, 0) is 12.7 Å². The molecule has 1 fully saturated rings. The molecule has 0 atom stereocenters. The van der Waals surface area contributed by atoms with Crippen molar-refractivity contribution < 1.29 is 18.0 Å². The van der Waals surface area contributed by atoms with E-state index >= 15 is 0 Å². The number of carbonyl (C=O) groups excluding carboxylic acids is 1. The average Bonchev–Trinajstić information content (AvgIpc) is 3.68. The van der Waals surface area contributed by atoms with Gasteiger partial charge in [0, 0.05) is 44.0 Å². The van der Waals surface area contributed by atoms with Crippen molar-refractivity contribution in [3.63, 3.8) is 0 Å². The predicted molar refractivity (Wildman–Crippen MR) is 151 cm³/mol. The molecule has 5 heterocycles. The number of para-hydroxylation sites is 1.